The van der Waals surface area contributed by atoms with E-state index in [1.807, 2.05) is 48.5 Å². The van der Waals surface area contributed by atoms with Crippen LogP contribution >= 0.6 is 0 Å². The van der Waals surface area contributed by atoms with Gasteiger partial charge in [0.05, 0.1) is 11.0 Å². The lowest BCUT2D eigenvalue weighted by Gasteiger charge is -2.09. The number of imidazole rings is 1. The van der Waals surface area contributed by atoms with Crippen molar-refractivity contribution in [2.24, 2.45) is 0 Å². The molecule has 0 saturated carbocycles. The fourth-order valence-electron chi connectivity index (χ4n) is 3.14. The van der Waals surface area contributed by atoms with Crippen molar-refractivity contribution in [3.63, 3.8) is 0 Å². The summed E-state index contributed by atoms with van der Waals surface area (Å²) in [6, 6.07) is 23.4. The van der Waals surface area contributed by atoms with Crippen molar-refractivity contribution in [2.75, 3.05) is 0 Å². The van der Waals surface area contributed by atoms with E-state index in [9.17, 15) is 9.90 Å². The molecule has 0 bridgehead atoms. The van der Waals surface area contributed by atoms with Crippen molar-refractivity contribution in [3.8, 4) is 17.1 Å². The maximum Gasteiger partial charge on any atom is 0.323 e. The largest absolute Gasteiger partial charge is 0.489 e. The highest BCUT2D eigenvalue weighted by atomic mass is 16.5. The molecule has 0 spiro atoms. The van der Waals surface area contributed by atoms with E-state index in [4.69, 9.17) is 4.74 Å². The van der Waals surface area contributed by atoms with Gasteiger partial charge in [-0.1, -0.05) is 42.0 Å². The van der Waals surface area contributed by atoms with E-state index in [2.05, 4.69) is 36.2 Å². The van der Waals surface area contributed by atoms with Gasteiger partial charge in [-0.2, -0.15) is 0 Å². The van der Waals surface area contributed by atoms with Gasteiger partial charge in [0.2, 0.25) is 0 Å². The molecule has 0 radical (unpaired) electrons. The van der Waals surface area contributed by atoms with Crippen molar-refractivity contribution < 1.29 is 14.6 Å². The highest BCUT2D eigenvalue weighted by Gasteiger charge is 2.14. The molecule has 1 heterocycles. The first-order valence-electron chi connectivity index (χ1n) is 9.06. The SMILES string of the molecule is Cc1ccc(COc2ccc(-c3nc4ccccc4n3CC(=O)O)cc2)cc1. The summed E-state index contributed by atoms with van der Waals surface area (Å²) in [6.45, 7) is 2.42. The number of rotatable bonds is 6. The van der Waals surface area contributed by atoms with E-state index >= 15 is 0 Å². The molecule has 0 aliphatic rings. The Morgan fingerprint density at radius 3 is 2.43 bits per heavy atom. The summed E-state index contributed by atoms with van der Waals surface area (Å²) in [7, 11) is 0. The zero-order chi connectivity index (χ0) is 19.5. The molecule has 1 aromatic heterocycles. The van der Waals surface area contributed by atoms with Crippen molar-refractivity contribution in [1.29, 1.82) is 0 Å². The highest BCUT2D eigenvalue weighted by molar-refractivity contribution is 5.82. The number of nitrogens with zero attached hydrogens (tertiary/aromatic N) is 2. The Hall–Kier alpha value is -3.60. The molecular weight excluding hydrogens is 352 g/mol. The minimum Gasteiger partial charge on any atom is -0.489 e. The van der Waals surface area contributed by atoms with E-state index in [0.29, 0.717) is 12.4 Å². The molecule has 4 aromatic rings. The molecule has 0 saturated heterocycles. The molecule has 28 heavy (non-hydrogen) atoms. The number of para-hydroxylation sites is 2. The van der Waals surface area contributed by atoms with Crippen molar-refractivity contribution >= 4 is 17.0 Å². The Morgan fingerprint density at radius 1 is 1.00 bits per heavy atom. The van der Waals surface area contributed by atoms with Crippen LogP contribution in [0.5, 0.6) is 5.75 Å². The number of fused-ring (bicyclic) bond motifs is 1. The van der Waals surface area contributed by atoms with Crippen molar-refractivity contribution in [2.45, 2.75) is 20.1 Å². The molecule has 0 fully saturated rings. The van der Waals surface area contributed by atoms with Crippen molar-refractivity contribution in [3.05, 3.63) is 83.9 Å². The third-order valence-electron chi connectivity index (χ3n) is 4.59. The molecule has 140 valence electrons. The third-order valence-corrected chi connectivity index (χ3v) is 4.59. The van der Waals surface area contributed by atoms with Gasteiger partial charge in [-0.3, -0.25) is 4.79 Å². The number of hydrogen-bond acceptors (Lipinski definition) is 3. The molecule has 0 aliphatic heterocycles. The predicted octanol–water partition coefficient (Wildman–Crippen LogP) is 4.68. The number of benzene rings is 3. The molecule has 0 aliphatic carbocycles. The van der Waals surface area contributed by atoms with Crippen LogP contribution in [0.2, 0.25) is 0 Å². The Labute approximate surface area is 162 Å². The van der Waals surface area contributed by atoms with Crippen LogP contribution in [0.1, 0.15) is 11.1 Å². The quantitative estimate of drug-likeness (QED) is 0.534. The van der Waals surface area contributed by atoms with E-state index < -0.39 is 5.97 Å². The summed E-state index contributed by atoms with van der Waals surface area (Å²) >= 11 is 0. The number of carboxylic acids is 1. The molecule has 0 unspecified atom stereocenters. The standard InChI is InChI=1S/C23H20N2O3/c1-16-6-8-17(9-7-16)15-28-19-12-10-18(11-13-19)23-24-20-4-2-3-5-21(20)25(23)14-22(26)27/h2-13H,14-15H2,1H3,(H,26,27). The van der Waals surface area contributed by atoms with Gasteiger partial charge < -0.3 is 14.4 Å². The second-order valence-corrected chi connectivity index (χ2v) is 6.70. The van der Waals surface area contributed by atoms with Crippen LogP contribution < -0.4 is 4.74 Å². The number of aromatic nitrogens is 2. The van der Waals surface area contributed by atoms with Gasteiger partial charge in [0.15, 0.2) is 0 Å². The summed E-state index contributed by atoms with van der Waals surface area (Å²) in [4.78, 5) is 15.9. The number of aryl methyl sites for hydroxylation is 1. The van der Waals surface area contributed by atoms with Crippen LogP contribution in [0.3, 0.4) is 0 Å². The number of hydrogen-bond donors (Lipinski definition) is 1. The Kier molecular flexibility index (Phi) is 4.81. The van der Waals surface area contributed by atoms with Crippen LogP contribution in [0.25, 0.3) is 22.4 Å². The molecule has 0 atom stereocenters. The summed E-state index contributed by atoms with van der Waals surface area (Å²) < 4.78 is 7.58. The normalized spacial score (nSPS) is 10.9. The summed E-state index contributed by atoms with van der Waals surface area (Å²) in [5.41, 5.74) is 4.76. The fourth-order valence-corrected chi connectivity index (χ4v) is 3.14. The van der Waals surface area contributed by atoms with Gasteiger partial charge in [-0.05, 0) is 48.9 Å². The summed E-state index contributed by atoms with van der Waals surface area (Å²) in [6.07, 6.45) is 0. The monoisotopic (exact) mass is 372 g/mol. The Bertz CT molecular complexity index is 1110. The van der Waals surface area contributed by atoms with E-state index in [1.54, 1.807) is 4.57 Å². The lowest BCUT2D eigenvalue weighted by atomic mass is 10.1. The maximum atomic E-state index is 11.3. The van der Waals surface area contributed by atoms with Gasteiger partial charge in [-0.15, -0.1) is 0 Å². The van der Waals surface area contributed by atoms with Crippen LogP contribution in [-0.2, 0) is 17.9 Å². The smallest absolute Gasteiger partial charge is 0.323 e. The number of ether oxygens (including phenoxy) is 1. The minimum absolute atomic E-state index is 0.137. The molecule has 4 rings (SSSR count). The van der Waals surface area contributed by atoms with Crippen LogP contribution in [0.15, 0.2) is 72.8 Å². The van der Waals surface area contributed by atoms with Gasteiger partial charge in [-0.25, -0.2) is 4.98 Å². The highest BCUT2D eigenvalue weighted by Crippen LogP contribution is 2.26. The first-order chi connectivity index (χ1) is 13.6. The Morgan fingerprint density at radius 2 is 1.71 bits per heavy atom. The molecule has 3 aromatic carbocycles. The summed E-state index contributed by atoms with van der Waals surface area (Å²) in [5.74, 6) is 0.487. The zero-order valence-electron chi connectivity index (χ0n) is 15.5. The molecule has 1 N–H and O–H groups in total. The second kappa shape index (κ2) is 7.56. The van der Waals surface area contributed by atoms with Crippen molar-refractivity contribution in [1.82, 2.24) is 9.55 Å². The Balaban J connectivity index is 1.58. The number of aliphatic carboxylic acids is 1. The average molecular weight is 372 g/mol. The van der Waals surface area contributed by atoms with E-state index in [-0.39, 0.29) is 6.54 Å². The summed E-state index contributed by atoms with van der Waals surface area (Å²) in [5, 5.41) is 9.29. The third kappa shape index (κ3) is 3.74. The first kappa shape index (κ1) is 17.8. The minimum atomic E-state index is -0.901. The molecule has 5 heteroatoms. The zero-order valence-corrected chi connectivity index (χ0v) is 15.5. The number of carbonyl (C=O) groups is 1. The molecule has 0 amide bonds. The van der Waals surface area contributed by atoms with Gasteiger partial charge in [0, 0.05) is 5.56 Å². The van der Waals surface area contributed by atoms with Crippen LogP contribution in [0, 0.1) is 6.92 Å². The van der Waals surface area contributed by atoms with Crippen LogP contribution in [-0.4, -0.2) is 20.6 Å². The first-order valence-corrected chi connectivity index (χ1v) is 9.06. The molecule has 5 nitrogen and oxygen atoms in total. The average Bonchev–Trinajstić information content (AvgIpc) is 3.06. The lowest BCUT2D eigenvalue weighted by molar-refractivity contribution is -0.137. The topological polar surface area (TPSA) is 64.4 Å². The predicted molar refractivity (Wildman–Crippen MR) is 108 cm³/mol. The van der Waals surface area contributed by atoms with Gasteiger partial charge in [0.1, 0.15) is 24.7 Å². The molecular formula is C23H20N2O3. The van der Waals surface area contributed by atoms with E-state index in [0.717, 1.165) is 27.9 Å². The van der Waals surface area contributed by atoms with Gasteiger partial charge in [0.25, 0.3) is 0 Å². The number of carboxylic acid groups (broad SMARTS) is 1. The van der Waals surface area contributed by atoms with E-state index in [1.165, 1.54) is 5.56 Å². The van der Waals surface area contributed by atoms with Gasteiger partial charge >= 0.3 is 5.97 Å². The van der Waals surface area contributed by atoms with Crippen LogP contribution in [0.4, 0.5) is 0 Å². The fraction of sp³-hybridized carbons (Fsp3) is 0.130. The lowest BCUT2D eigenvalue weighted by Crippen LogP contribution is -2.10. The second-order valence-electron chi connectivity index (χ2n) is 6.70. The maximum absolute atomic E-state index is 11.3.